The van der Waals surface area contributed by atoms with Crippen molar-refractivity contribution >= 4 is 34.5 Å². The van der Waals surface area contributed by atoms with Crippen LogP contribution in [-0.2, 0) is 16.0 Å². The number of rotatable bonds is 5. The molecule has 2 N–H and O–H groups in total. The van der Waals surface area contributed by atoms with E-state index >= 15 is 0 Å². The molecule has 2 aromatic rings. The Bertz CT molecular complexity index is 944. The molecular weight excluding hydrogens is 402 g/mol. The molecule has 8 heteroatoms. The lowest BCUT2D eigenvalue weighted by Crippen LogP contribution is -2.45. The zero-order chi connectivity index (χ0) is 20.9. The number of amides is 2. The van der Waals surface area contributed by atoms with Gasteiger partial charge in [0.2, 0.25) is 11.8 Å². The largest absolute Gasteiger partial charge is 0.486 e. The number of thioether (sulfide) groups is 1. The Balaban J connectivity index is 1.38. The van der Waals surface area contributed by atoms with Gasteiger partial charge in [-0.1, -0.05) is 37.9 Å². The van der Waals surface area contributed by atoms with Crippen LogP contribution in [0.25, 0.3) is 10.9 Å². The Hall–Kier alpha value is -2.48. The number of nitrogens with one attached hydrogen (secondary N) is 2. The number of pyridine rings is 1. The van der Waals surface area contributed by atoms with Crippen LogP contribution in [0.3, 0.4) is 0 Å². The van der Waals surface area contributed by atoms with Gasteiger partial charge in [0.1, 0.15) is 18.2 Å². The first kappa shape index (κ1) is 20.8. The Morgan fingerprint density at radius 2 is 1.80 bits per heavy atom. The normalized spacial score (nSPS) is 16.3. The highest BCUT2D eigenvalue weighted by Crippen LogP contribution is 2.36. The fourth-order valence-electron chi connectivity index (χ4n) is 3.88. The van der Waals surface area contributed by atoms with Crippen LogP contribution in [0, 0.1) is 5.92 Å². The number of carbonyl (C=O) groups is 2. The Labute approximate surface area is 180 Å². The third-order valence-electron chi connectivity index (χ3n) is 5.54. The molecule has 2 amide bonds. The number of hydrogen-bond donors (Lipinski definition) is 2. The second kappa shape index (κ2) is 9.55. The smallest absolute Gasteiger partial charge is 0.248 e. The van der Waals surface area contributed by atoms with Crippen LogP contribution in [0.1, 0.15) is 44.6 Å². The minimum Gasteiger partial charge on any atom is -0.486 e. The molecule has 2 heterocycles. The standard InChI is InChI=1S/C22H27N3O4S/c1-2-14-10-16-11-18-19(29-9-8-28-18)12-17(16)23-22(14)30-13-20(26)24-25-21(27)15-6-4-3-5-7-15/h10-12,15H,2-9,13H2,1H3,(H,24,26)(H,25,27). The quantitative estimate of drug-likeness (QED) is 0.559. The van der Waals surface area contributed by atoms with Gasteiger partial charge in [-0.05, 0) is 37.0 Å². The fraction of sp³-hybridized carbons (Fsp3) is 0.500. The van der Waals surface area contributed by atoms with Crippen LogP contribution in [0.4, 0.5) is 0 Å². The highest BCUT2D eigenvalue weighted by Gasteiger charge is 2.21. The molecule has 0 bridgehead atoms. The molecule has 7 nitrogen and oxygen atoms in total. The van der Waals surface area contributed by atoms with Gasteiger partial charge in [0, 0.05) is 17.4 Å². The minimum absolute atomic E-state index is 0.0117. The molecule has 1 saturated carbocycles. The predicted octanol–water partition coefficient (Wildman–Crippen LogP) is 3.39. The molecule has 0 spiro atoms. The molecule has 0 atom stereocenters. The van der Waals surface area contributed by atoms with Gasteiger partial charge in [-0.2, -0.15) is 0 Å². The molecule has 0 unspecified atom stereocenters. The number of hydrazine groups is 1. The average molecular weight is 430 g/mol. The lowest BCUT2D eigenvalue weighted by Gasteiger charge is -2.20. The highest BCUT2D eigenvalue weighted by atomic mass is 32.2. The number of carbonyl (C=O) groups excluding carboxylic acids is 2. The molecule has 1 aliphatic carbocycles. The monoisotopic (exact) mass is 429 g/mol. The number of nitrogens with zero attached hydrogens (tertiary/aromatic N) is 1. The molecule has 160 valence electrons. The summed E-state index contributed by atoms with van der Waals surface area (Å²) in [6.45, 7) is 3.14. The minimum atomic E-state index is -0.240. The maximum atomic E-state index is 12.2. The topological polar surface area (TPSA) is 89.6 Å². The van der Waals surface area contributed by atoms with Crippen molar-refractivity contribution in [2.75, 3.05) is 19.0 Å². The SMILES string of the molecule is CCc1cc2cc3c(cc2nc1SCC(=O)NNC(=O)C1CCCCC1)OCCO3. The summed E-state index contributed by atoms with van der Waals surface area (Å²) in [6.07, 6.45) is 5.95. The summed E-state index contributed by atoms with van der Waals surface area (Å²) in [5.74, 6) is 1.31. The molecular formula is C22H27N3O4S. The first-order valence-corrected chi connectivity index (χ1v) is 11.6. The van der Waals surface area contributed by atoms with E-state index in [0.29, 0.717) is 19.0 Å². The average Bonchev–Trinajstić information content (AvgIpc) is 2.79. The van der Waals surface area contributed by atoms with Crippen LogP contribution >= 0.6 is 11.8 Å². The van der Waals surface area contributed by atoms with Gasteiger partial charge in [0.25, 0.3) is 0 Å². The zero-order valence-corrected chi connectivity index (χ0v) is 18.0. The number of hydrogen-bond acceptors (Lipinski definition) is 6. The molecule has 4 rings (SSSR count). The van der Waals surface area contributed by atoms with E-state index in [1.165, 1.54) is 18.2 Å². The molecule has 0 saturated heterocycles. The lowest BCUT2D eigenvalue weighted by molar-refractivity contribution is -0.131. The lowest BCUT2D eigenvalue weighted by atomic mass is 9.89. The predicted molar refractivity (Wildman–Crippen MR) is 116 cm³/mol. The molecule has 1 fully saturated rings. The summed E-state index contributed by atoms with van der Waals surface area (Å²) in [6, 6.07) is 5.93. The Morgan fingerprint density at radius 1 is 1.07 bits per heavy atom. The van der Waals surface area contributed by atoms with Crippen molar-refractivity contribution in [1.29, 1.82) is 0 Å². The van der Waals surface area contributed by atoms with Crippen molar-refractivity contribution in [1.82, 2.24) is 15.8 Å². The summed E-state index contributed by atoms with van der Waals surface area (Å²) >= 11 is 1.37. The summed E-state index contributed by atoms with van der Waals surface area (Å²) in [4.78, 5) is 29.2. The van der Waals surface area contributed by atoms with Crippen LogP contribution < -0.4 is 20.3 Å². The fourth-order valence-corrected chi connectivity index (χ4v) is 4.77. The summed E-state index contributed by atoms with van der Waals surface area (Å²) < 4.78 is 11.3. The van der Waals surface area contributed by atoms with E-state index < -0.39 is 0 Å². The van der Waals surface area contributed by atoms with Crippen molar-refractivity contribution in [3.8, 4) is 11.5 Å². The summed E-state index contributed by atoms with van der Waals surface area (Å²) in [5.41, 5.74) is 7.00. The van der Waals surface area contributed by atoms with Gasteiger partial charge in [-0.15, -0.1) is 0 Å². The van der Waals surface area contributed by atoms with Gasteiger partial charge < -0.3 is 9.47 Å². The second-order valence-corrected chi connectivity index (χ2v) is 8.62. The van der Waals surface area contributed by atoms with Crippen LogP contribution in [0.15, 0.2) is 23.2 Å². The number of aryl methyl sites for hydroxylation is 1. The molecule has 30 heavy (non-hydrogen) atoms. The number of aromatic nitrogens is 1. The van der Waals surface area contributed by atoms with E-state index in [0.717, 1.165) is 59.3 Å². The van der Waals surface area contributed by atoms with Crippen molar-refractivity contribution in [2.24, 2.45) is 5.92 Å². The van der Waals surface area contributed by atoms with Crippen molar-refractivity contribution in [3.63, 3.8) is 0 Å². The van der Waals surface area contributed by atoms with Gasteiger partial charge in [0.15, 0.2) is 11.5 Å². The number of benzene rings is 1. The van der Waals surface area contributed by atoms with Gasteiger partial charge in [0.05, 0.1) is 11.3 Å². The molecule has 1 aromatic heterocycles. The molecule has 1 aliphatic heterocycles. The number of ether oxygens (including phenoxy) is 2. The maximum absolute atomic E-state index is 12.2. The van der Waals surface area contributed by atoms with Gasteiger partial charge in [-0.3, -0.25) is 20.4 Å². The van der Waals surface area contributed by atoms with Crippen molar-refractivity contribution < 1.29 is 19.1 Å². The van der Waals surface area contributed by atoms with Crippen LogP contribution in [0.2, 0.25) is 0 Å². The van der Waals surface area contributed by atoms with Crippen molar-refractivity contribution in [3.05, 3.63) is 23.8 Å². The van der Waals surface area contributed by atoms with E-state index in [2.05, 4.69) is 23.8 Å². The van der Waals surface area contributed by atoms with E-state index in [-0.39, 0.29) is 23.5 Å². The number of fused-ring (bicyclic) bond motifs is 2. The van der Waals surface area contributed by atoms with Gasteiger partial charge in [-0.25, -0.2) is 4.98 Å². The maximum Gasteiger partial charge on any atom is 0.248 e. The third-order valence-corrected chi connectivity index (χ3v) is 6.57. The molecule has 1 aromatic carbocycles. The van der Waals surface area contributed by atoms with Gasteiger partial charge >= 0.3 is 0 Å². The third kappa shape index (κ3) is 4.80. The highest BCUT2D eigenvalue weighted by molar-refractivity contribution is 7.99. The van der Waals surface area contributed by atoms with E-state index in [1.807, 2.05) is 12.1 Å². The van der Waals surface area contributed by atoms with E-state index in [9.17, 15) is 9.59 Å². The Morgan fingerprint density at radius 3 is 2.53 bits per heavy atom. The summed E-state index contributed by atoms with van der Waals surface area (Å²) in [7, 11) is 0. The first-order chi connectivity index (χ1) is 14.6. The van der Waals surface area contributed by atoms with Crippen LogP contribution in [0.5, 0.6) is 11.5 Å². The Kier molecular flexibility index (Phi) is 6.62. The molecule has 0 radical (unpaired) electrons. The molecule has 2 aliphatic rings. The van der Waals surface area contributed by atoms with E-state index in [4.69, 9.17) is 14.5 Å². The van der Waals surface area contributed by atoms with Crippen molar-refractivity contribution in [2.45, 2.75) is 50.5 Å². The first-order valence-electron chi connectivity index (χ1n) is 10.6. The zero-order valence-electron chi connectivity index (χ0n) is 17.2. The second-order valence-electron chi connectivity index (χ2n) is 7.66. The summed E-state index contributed by atoms with van der Waals surface area (Å²) in [5, 5.41) is 1.81. The van der Waals surface area contributed by atoms with E-state index in [1.54, 1.807) is 0 Å². The van der Waals surface area contributed by atoms with Crippen LogP contribution in [-0.4, -0.2) is 35.8 Å².